The van der Waals surface area contributed by atoms with Gasteiger partial charge in [-0.1, -0.05) is 43.6 Å². The molecule has 0 amide bonds. The summed E-state index contributed by atoms with van der Waals surface area (Å²) in [5, 5.41) is 0.491. The second-order valence-electron chi connectivity index (χ2n) is 8.69. The van der Waals surface area contributed by atoms with Gasteiger partial charge in [-0.15, -0.1) is 0 Å². The van der Waals surface area contributed by atoms with Gasteiger partial charge in [0, 0.05) is 18.7 Å². The van der Waals surface area contributed by atoms with Crippen LogP contribution >= 0.6 is 11.6 Å². The number of nitrogens with zero attached hydrogens (tertiary/aromatic N) is 3. The summed E-state index contributed by atoms with van der Waals surface area (Å²) in [6.07, 6.45) is 0. The number of carbonyl (C=O) groups excluding carboxylic acids is 2. The Morgan fingerprint density at radius 1 is 1.03 bits per heavy atom. The summed E-state index contributed by atoms with van der Waals surface area (Å²) < 4.78 is 15.6. The molecule has 0 N–H and O–H groups in total. The Hall–Kier alpha value is -3.36. The number of anilines is 2. The lowest BCUT2D eigenvalue weighted by Gasteiger charge is -2.37. The van der Waals surface area contributed by atoms with E-state index in [9.17, 15) is 9.59 Å². The molecule has 2 aliphatic heterocycles. The van der Waals surface area contributed by atoms with Crippen molar-refractivity contribution in [2.24, 2.45) is 10.9 Å². The Balaban J connectivity index is 2.03. The SMILES string of the molecule is COCC1=C(C(=O)OC)C(c2ccccc2Cl)N2C(=N1)N(CC(C)C)c1ccc(C(=O)OC)cc12. The molecule has 2 aliphatic rings. The topological polar surface area (TPSA) is 80.7 Å². The zero-order chi connectivity index (χ0) is 25.3. The molecule has 2 aromatic carbocycles. The smallest absolute Gasteiger partial charge is 0.338 e. The highest BCUT2D eigenvalue weighted by atomic mass is 35.5. The molecular formula is C26H28ClN3O5. The summed E-state index contributed by atoms with van der Waals surface area (Å²) in [4.78, 5) is 34.5. The Morgan fingerprint density at radius 2 is 1.74 bits per heavy atom. The van der Waals surface area contributed by atoms with Gasteiger partial charge in [0.05, 0.1) is 55.1 Å². The van der Waals surface area contributed by atoms with Crippen molar-refractivity contribution in [2.45, 2.75) is 19.9 Å². The molecule has 2 heterocycles. The van der Waals surface area contributed by atoms with E-state index in [0.29, 0.717) is 45.8 Å². The van der Waals surface area contributed by atoms with Crippen LogP contribution in [0.3, 0.4) is 0 Å². The zero-order valence-corrected chi connectivity index (χ0v) is 21.1. The molecule has 0 spiro atoms. The average molecular weight is 498 g/mol. The number of aliphatic imine (C=N–C) groups is 1. The zero-order valence-electron chi connectivity index (χ0n) is 20.4. The standard InChI is InChI=1S/C26H28ClN3O5/c1-15(2)13-29-20-11-10-16(24(31)34-4)12-21(20)30-23(17-8-6-7-9-18(17)27)22(25(32)35-5)19(14-33-3)28-26(29)30/h6-12,15,23H,13-14H2,1-5H3. The molecule has 2 aromatic rings. The third-order valence-corrected chi connectivity index (χ3v) is 6.26. The van der Waals surface area contributed by atoms with Crippen molar-refractivity contribution >= 4 is 40.9 Å². The van der Waals surface area contributed by atoms with Crippen LogP contribution in [0.25, 0.3) is 0 Å². The van der Waals surface area contributed by atoms with Gasteiger partial charge in [0.25, 0.3) is 0 Å². The van der Waals surface area contributed by atoms with Crippen molar-refractivity contribution < 1.29 is 23.8 Å². The molecular weight excluding hydrogens is 470 g/mol. The number of hydrogen-bond acceptors (Lipinski definition) is 8. The van der Waals surface area contributed by atoms with Crippen molar-refractivity contribution in [3.63, 3.8) is 0 Å². The highest BCUT2D eigenvalue weighted by Crippen LogP contribution is 2.49. The van der Waals surface area contributed by atoms with Gasteiger partial charge in [-0.05, 0) is 35.7 Å². The minimum atomic E-state index is -0.655. The molecule has 9 heteroatoms. The lowest BCUT2D eigenvalue weighted by atomic mass is 9.93. The molecule has 0 aliphatic carbocycles. The normalized spacial score (nSPS) is 16.8. The largest absolute Gasteiger partial charge is 0.466 e. The molecule has 0 radical (unpaired) electrons. The second-order valence-corrected chi connectivity index (χ2v) is 9.10. The fourth-order valence-corrected chi connectivity index (χ4v) is 4.73. The number of hydrogen-bond donors (Lipinski definition) is 0. The van der Waals surface area contributed by atoms with Crippen LogP contribution in [0.15, 0.2) is 58.7 Å². The van der Waals surface area contributed by atoms with Gasteiger partial charge in [-0.3, -0.25) is 4.90 Å². The van der Waals surface area contributed by atoms with E-state index in [1.165, 1.54) is 14.2 Å². The van der Waals surface area contributed by atoms with Gasteiger partial charge in [0.1, 0.15) is 0 Å². The highest BCUT2D eigenvalue weighted by molar-refractivity contribution is 6.31. The number of esters is 2. The van der Waals surface area contributed by atoms with E-state index < -0.39 is 18.0 Å². The maximum absolute atomic E-state index is 13.2. The average Bonchev–Trinajstić information content (AvgIpc) is 3.14. The maximum atomic E-state index is 13.2. The molecule has 1 unspecified atom stereocenters. The summed E-state index contributed by atoms with van der Waals surface area (Å²) in [5.41, 5.74) is 3.47. The number of fused-ring (bicyclic) bond motifs is 3. The lowest BCUT2D eigenvalue weighted by molar-refractivity contribution is -0.136. The van der Waals surface area contributed by atoms with Crippen molar-refractivity contribution in [3.8, 4) is 0 Å². The number of carbonyl (C=O) groups is 2. The molecule has 0 saturated heterocycles. The second kappa shape index (κ2) is 10.1. The molecule has 0 fully saturated rings. The van der Waals surface area contributed by atoms with Gasteiger partial charge in [0.15, 0.2) is 0 Å². The minimum Gasteiger partial charge on any atom is -0.466 e. The first kappa shape index (κ1) is 24.8. The van der Waals surface area contributed by atoms with Crippen LogP contribution in [0, 0.1) is 5.92 Å². The highest BCUT2D eigenvalue weighted by Gasteiger charge is 2.46. The fourth-order valence-electron chi connectivity index (χ4n) is 4.49. The van der Waals surface area contributed by atoms with Crippen molar-refractivity contribution in [1.82, 2.24) is 0 Å². The van der Waals surface area contributed by atoms with Crippen LogP contribution in [0.2, 0.25) is 5.02 Å². The molecule has 184 valence electrons. The maximum Gasteiger partial charge on any atom is 0.338 e. The van der Waals surface area contributed by atoms with E-state index in [2.05, 4.69) is 18.7 Å². The van der Waals surface area contributed by atoms with Crippen molar-refractivity contribution in [1.29, 1.82) is 0 Å². The molecule has 0 saturated carbocycles. The van der Waals surface area contributed by atoms with E-state index in [0.717, 1.165) is 11.4 Å². The Kier molecular flexibility index (Phi) is 7.14. The molecule has 35 heavy (non-hydrogen) atoms. The molecule has 0 bridgehead atoms. The van der Waals surface area contributed by atoms with E-state index in [4.69, 9.17) is 30.8 Å². The molecule has 4 rings (SSSR count). The van der Waals surface area contributed by atoms with E-state index in [1.54, 1.807) is 25.3 Å². The van der Waals surface area contributed by atoms with Gasteiger partial charge < -0.3 is 19.1 Å². The molecule has 0 aromatic heterocycles. The summed E-state index contributed by atoms with van der Waals surface area (Å²) in [6.45, 7) is 5.02. The van der Waals surface area contributed by atoms with E-state index in [1.807, 2.05) is 29.2 Å². The predicted octanol–water partition coefficient (Wildman–Crippen LogP) is 4.59. The van der Waals surface area contributed by atoms with Crippen LogP contribution in [0.1, 0.15) is 35.8 Å². The summed E-state index contributed by atoms with van der Waals surface area (Å²) in [7, 11) is 4.23. The number of halogens is 1. The predicted molar refractivity (Wildman–Crippen MR) is 135 cm³/mol. The molecule has 1 atom stereocenters. The van der Waals surface area contributed by atoms with Crippen LogP contribution in [0.4, 0.5) is 11.4 Å². The number of ether oxygens (including phenoxy) is 3. The van der Waals surface area contributed by atoms with Gasteiger partial charge in [-0.2, -0.15) is 0 Å². The summed E-state index contributed by atoms with van der Waals surface area (Å²) in [5.74, 6) is -0.0526. The van der Waals surface area contributed by atoms with Crippen molar-refractivity contribution in [2.75, 3.05) is 44.3 Å². The van der Waals surface area contributed by atoms with E-state index in [-0.39, 0.29) is 6.61 Å². The monoisotopic (exact) mass is 497 g/mol. The van der Waals surface area contributed by atoms with Crippen LogP contribution in [-0.2, 0) is 19.0 Å². The Labute approximate surface area is 209 Å². The number of rotatable bonds is 7. The summed E-state index contributed by atoms with van der Waals surface area (Å²) in [6, 6.07) is 12.1. The van der Waals surface area contributed by atoms with Crippen molar-refractivity contribution in [3.05, 3.63) is 69.9 Å². The summed E-state index contributed by atoms with van der Waals surface area (Å²) >= 11 is 6.68. The van der Waals surface area contributed by atoms with Crippen LogP contribution in [-0.4, -0.2) is 52.4 Å². The number of benzene rings is 2. The lowest BCUT2D eigenvalue weighted by Crippen LogP contribution is -2.46. The quantitative estimate of drug-likeness (QED) is 0.517. The Bertz CT molecular complexity index is 1220. The third kappa shape index (κ3) is 4.39. The Morgan fingerprint density at radius 3 is 2.37 bits per heavy atom. The fraction of sp³-hybridized carbons (Fsp3) is 0.346. The first-order valence-electron chi connectivity index (χ1n) is 11.2. The first-order chi connectivity index (χ1) is 16.8. The number of guanidine groups is 1. The third-order valence-electron chi connectivity index (χ3n) is 5.92. The van der Waals surface area contributed by atoms with Gasteiger partial charge >= 0.3 is 11.9 Å². The molecule has 8 nitrogen and oxygen atoms in total. The number of methoxy groups -OCH3 is 3. The van der Waals surface area contributed by atoms with Gasteiger partial charge in [-0.25, -0.2) is 14.6 Å². The minimum absolute atomic E-state index is 0.113. The van der Waals surface area contributed by atoms with Gasteiger partial charge in [0.2, 0.25) is 5.96 Å². The van der Waals surface area contributed by atoms with Crippen LogP contribution < -0.4 is 9.80 Å². The van der Waals surface area contributed by atoms with E-state index >= 15 is 0 Å². The first-order valence-corrected chi connectivity index (χ1v) is 11.6. The van der Waals surface area contributed by atoms with Crippen LogP contribution in [0.5, 0.6) is 0 Å².